The summed E-state index contributed by atoms with van der Waals surface area (Å²) in [5.74, 6) is 0. The molecule has 0 unspecified atom stereocenters. The van der Waals surface area contributed by atoms with E-state index in [9.17, 15) is 0 Å². The van der Waals surface area contributed by atoms with Crippen LogP contribution in [0.1, 0.15) is 26.3 Å². The van der Waals surface area contributed by atoms with Gasteiger partial charge in [0.2, 0.25) is 0 Å². The molecule has 0 heterocycles. The Bertz CT molecular complexity index is 246. The Morgan fingerprint density at radius 1 is 1.15 bits per heavy atom. The van der Waals surface area contributed by atoms with Gasteiger partial charge in [-0.15, -0.1) is 0 Å². The molecule has 1 aromatic carbocycles. The second-order valence-corrected chi connectivity index (χ2v) is 2.77. The van der Waals surface area contributed by atoms with Crippen LogP contribution in [0.15, 0.2) is 36.5 Å². The third-order valence-corrected chi connectivity index (χ3v) is 1.41. The van der Waals surface area contributed by atoms with Gasteiger partial charge in [0.15, 0.2) is 0 Å². The lowest BCUT2D eigenvalue weighted by Crippen LogP contribution is -1.92. The summed E-state index contributed by atoms with van der Waals surface area (Å²) in [5, 5.41) is 3.14. The molecule has 0 aliphatic heterocycles. The van der Waals surface area contributed by atoms with Crippen molar-refractivity contribution in [1.29, 1.82) is 0 Å². The van der Waals surface area contributed by atoms with E-state index < -0.39 is 0 Å². The number of anilines is 1. The van der Waals surface area contributed by atoms with Gasteiger partial charge >= 0.3 is 0 Å². The minimum absolute atomic E-state index is 0.967. The quantitative estimate of drug-likeness (QED) is 0.720. The highest BCUT2D eigenvalue weighted by Gasteiger charge is 1.88. The molecule has 0 saturated carbocycles. The number of allylic oxidation sites excluding steroid dienone is 1. The standard InChI is InChI=1S/C10H13N.C2H6/c1-8(2)11-10-6-4-9(3)5-7-10;1-2/h4-7,11H,1H2,2-3H3;1-2H3. The van der Waals surface area contributed by atoms with Gasteiger partial charge in [-0.2, -0.15) is 0 Å². The van der Waals surface area contributed by atoms with E-state index in [2.05, 4.69) is 31.0 Å². The number of rotatable bonds is 2. The summed E-state index contributed by atoms with van der Waals surface area (Å²) in [7, 11) is 0. The molecule has 0 atom stereocenters. The van der Waals surface area contributed by atoms with Crippen LogP contribution in [-0.4, -0.2) is 0 Å². The lowest BCUT2D eigenvalue weighted by Gasteiger charge is -2.04. The normalized spacial score (nSPS) is 8.31. The molecule has 0 saturated heterocycles. The number of benzene rings is 1. The molecule has 0 aromatic heterocycles. The van der Waals surface area contributed by atoms with E-state index in [1.807, 2.05) is 32.9 Å². The summed E-state index contributed by atoms with van der Waals surface area (Å²) < 4.78 is 0. The van der Waals surface area contributed by atoms with Crippen LogP contribution in [0.4, 0.5) is 5.69 Å². The van der Waals surface area contributed by atoms with Crippen molar-refractivity contribution in [2.45, 2.75) is 27.7 Å². The van der Waals surface area contributed by atoms with E-state index in [0.29, 0.717) is 0 Å². The predicted octanol–water partition coefficient (Wildman–Crippen LogP) is 3.97. The second-order valence-electron chi connectivity index (χ2n) is 2.77. The molecular formula is C12H19N. The van der Waals surface area contributed by atoms with E-state index in [0.717, 1.165) is 11.4 Å². The molecule has 1 nitrogen and oxygen atoms in total. The lowest BCUT2D eigenvalue weighted by molar-refractivity contribution is 1.38. The molecule has 1 heteroatoms. The molecule has 0 bridgehead atoms. The Hall–Kier alpha value is -1.24. The highest BCUT2D eigenvalue weighted by Crippen LogP contribution is 2.09. The van der Waals surface area contributed by atoms with Crippen molar-refractivity contribution in [2.24, 2.45) is 0 Å². The first-order chi connectivity index (χ1) is 6.18. The van der Waals surface area contributed by atoms with Crippen molar-refractivity contribution in [3.8, 4) is 0 Å². The topological polar surface area (TPSA) is 12.0 Å². The number of hydrogen-bond acceptors (Lipinski definition) is 1. The van der Waals surface area contributed by atoms with Crippen LogP contribution in [0.5, 0.6) is 0 Å². The third-order valence-electron chi connectivity index (χ3n) is 1.41. The molecule has 1 aromatic rings. The highest BCUT2D eigenvalue weighted by molar-refractivity contribution is 5.48. The molecule has 0 amide bonds. The first-order valence-corrected chi connectivity index (χ1v) is 4.67. The average molecular weight is 177 g/mol. The zero-order valence-electron chi connectivity index (χ0n) is 9.02. The first-order valence-electron chi connectivity index (χ1n) is 4.67. The molecular weight excluding hydrogens is 158 g/mol. The van der Waals surface area contributed by atoms with E-state index >= 15 is 0 Å². The molecule has 13 heavy (non-hydrogen) atoms. The summed E-state index contributed by atoms with van der Waals surface area (Å²) in [6.45, 7) is 11.8. The maximum absolute atomic E-state index is 3.76. The molecule has 1 N–H and O–H groups in total. The average Bonchev–Trinajstić information content (AvgIpc) is 2.12. The van der Waals surface area contributed by atoms with Crippen molar-refractivity contribution in [2.75, 3.05) is 5.32 Å². The molecule has 1 rings (SSSR count). The van der Waals surface area contributed by atoms with Crippen molar-refractivity contribution < 1.29 is 0 Å². The fourth-order valence-electron chi connectivity index (χ4n) is 0.883. The Kier molecular flexibility index (Phi) is 5.69. The predicted molar refractivity (Wildman–Crippen MR) is 61.0 cm³/mol. The van der Waals surface area contributed by atoms with Crippen molar-refractivity contribution >= 4 is 5.69 Å². The molecule has 72 valence electrons. The molecule has 0 spiro atoms. The molecule has 0 fully saturated rings. The van der Waals surface area contributed by atoms with Gasteiger partial charge in [-0.05, 0) is 26.0 Å². The van der Waals surface area contributed by atoms with Gasteiger partial charge in [0.1, 0.15) is 0 Å². The molecule has 0 aliphatic carbocycles. The fourth-order valence-corrected chi connectivity index (χ4v) is 0.883. The minimum Gasteiger partial charge on any atom is -0.360 e. The Morgan fingerprint density at radius 2 is 1.62 bits per heavy atom. The highest BCUT2D eigenvalue weighted by atomic mass is 14.9. The van der Waals surface area contributed by atoms with Crippen LogP contribution >= 0.6 is 0 Å². The van der Waals surface area contributed by atoms with Crippen molar-refractivity contribution in [1.82, 2.24) is 0 Å². The molecule has 0 radical (unpaired) electrons. The zero-order valence-corrected chi connectivity index (χ0v) is 9.02. The monoisotopic (exact) mass is 177 g/mol. The summed E-state index contributed by atoms with van der Waals surface area (Å²) in [6, 6.07) is 8.24. The number of aryl methyl sites for hydroxylation is 1. The minimum atomic E-state index is 0.967. The van der Waals surface area contributed by atoms with Gasteiger partial charge in [-0.1, -0.05) is 38.1 Å². The SMILES string of the molecule is C=C(C)Nc1ccc(C)cc1.CC. The Morgan fingerprint density at radius 3 is 2.00 bits per heavy atom. The lowest BCUT2D eigenvalue weighted by atomic mass is 10.2. The summed E-state index contributed by atoms with van der Waals surface area (Å²) in [6.07, 6.45) is 0. The van der Waals surface area contributed by atoms with Gasteiger partial charge in [-0.25, -0.2) is 0 Å². The summed E-state index contributed by atoms with van der Waals surface area (Å²) >= 11 is 0. The maximum Gasteiger partial charge on any atom is 0.0381 e. The number of nitrogens with one attached hydrogen (secondary N) is 1. The van der Waals surface area contributed by atoms with Gasteiger partial charge in [-0.3, -0.25) is 0 Å². The van der Waals surface area contributed by atoms with Gasteiger partial charge in [0.25, 0.3) is 0 Å². The molecule has 0 aliphatic rings. The third kappa shape index (κ3) is 5.07. The van der Waals surface area contributed by atoms with E-state index in [-0.39, 0.29) is 0 Å². The van der Waals surface area contributed by atoms with Crippen LogP contribution in [-0.2, 0) is 0 Å². The Labute approximate surface area is 81.5 Å². The van der Waals surface area contributed by atoms with Gasteiger partial charge < -0.3 is 5.32 Å². The van der Waals surface area contributed by atoms with Crippen molar-refractivity contribution in [3.05, 3.63) is 42.1 Å². The van der Waals surface area contributed by atoms with Crippen LogP contribution in [0.3, 0.4) is 0 Å². The van der Waals surface area contributed by atoms with Crippen LogP contribution < -0.4 is 5.32 Å². The van der Waals surface area contributed by atoms with E-state index in [1.54, 1.807) is 0 Å². The van der Waals surface area contributed by atoms with E-state index in [1.165, 1.54) is 5.56 Å². The van der Waals surface area contributed by atoms with Gasteiger partial charge in [0.05, 0.1) is 0 Å². The summed E-state index contributed by atoms with van der Waals surface area (Å²) in [5.41, 5.74) is 3.34. The van der Waals surface area contributed by atoms with Crippen LogP contribution in [0.25, 0.3) is 0 Å². The van der Waals surface area contributed by atoms with E-state index in [4.69, 9.17) is 0 Å². The van der Waals surface area contributed by atoms with Gasteiger partial charge in [0, 0.05) is 11.4 Å². The Balaban J connectivity index is 0.000000671. The summed E-state index contributed by atoms with van der Waals surface area (Å²) in [4.78, 5) is 0. The van der Waals surface area contributed by atoms with Crippen LogP contribution in [0.2, 0.25) is 0 Å². The fraction of sp³-hybridized carbons (Fsp3) is 0.333. The maximum atomic E-state index is 3.76. The second kappa shape index (κ2) is 6.30. The zero-order chi connectivity index (χ0) is 10.3. The number of hydrogen-bond donors (Lipinski definition) is 1. The first kappa shape index (κ1) is 11.8. The van der Waals surface area contributed by atoms with Crippen molar-refractivity contribution in [3.63, 3.8) is 0 Å². The smallest absolute Gasteiger partial charge is 0.0381 e. The largest absolute Gasteiger partial charge is 0.360 e. The van der Waals surface area contributed by atoms with Crippen LogP contribution in [0, 0.1) is 6.92 Å².